The van der Waals surface area contributed by atoms with E-state index in [-0.39, 0.29) is 12.0 Å². The van der Waals surface area contributed by atoms with Crippen molar-refractivity contribution >= 4 is 23.3 Å². The SMILES string of the molecule is CCOC(=O)c1ccc(NC(=O)NCCc2cn3ccccc3n2)cc1. The van der Waals surface area contributed by atoms with E-state index in [4.69, 9.17) is 4.74 Å². The summed E-state index contributed by atoms with van der Waals surface area (Å²) in [4.78, 5) is 28.0. The molecule has 1 aromatic carbocycles. The Morgan fingerprint density at radius 3 is 2.69 bits per heavy atom. The Hall–Kier alpha value is -3.35. The fourth-order valence-corrected chi connectivity index (χ4v) is 2.49. The number of ether oxygens (including phenoxy) is 1. The molecule has 26 heavy (non-hydrogen) atoms. The van der Waals surface area contributed by atoms with Crippen LogP contribution in [0.15, 0.2) is 54.9 Å². The second kappa shape index (κ2) is 8.15. The van der Waals surface area contributed by atoms with Crippen molar-refractivity contribution in [2.75, 3.05) is 18.5 Å². The molecule has 2 heterocycles. The van der Waals surface area contributed by atoms with Gasteiger partial charge in [-0.25, -0.2) is 14.6 Å². The van der Waals surface area contributed by atoms with Gasteiger partial charge >= 0.3 is 12.0 Å². The molecule has 3 aromatic rings. The van der Waals surface area contributed by atoms with Crippen molar-refractivity contribution in [2.24, 2.45) is 0 Å². The van der Waals surface area contributed by atoms with Gasteiger partial charge in [-0.3, -0.25) is 0 Å². The topological polar surface area (TPSA) is 84.7 Å². The molecule has 0 unspecified atom stereocenters. The van der Waals surface area contributed by atoms with Gasteiger partial charge in [0.2, 0.25) is 0 Å². The summed E-state index contributed by atoms with van der Waals surface area (Å²) in [5.41, 5.74) is 2.84. The number of fused-ring (bicyclic) bond motifs is 1. The number of anilines is 1. The van der Waals surface area contributed by atoms with Crippen LogP contribution in [-0.2, 0) is 11.2 Å². The Morgan fingerprint density at radius 2 is 1.96 bits per heavy atom. The number of nitrogens with zero attached hydrogens (tertiary/aromatic N) is 2. The van der Waals surface area contributed by atoms with Gasteiger partial charge in [-0.2, -0.15) is 0 Å². The molecule has 0 bridgehead atoms. The van der Waals surface area contributed by atoms with Crippen LogP contribution in [0.3, 0.4) is 0 Å². The number of carbonyl (C=O) groups excluding carboxylic acids is 2. The van der Waals surface area contributed by atoms with Gasteiger partial charge in [0.25, 0.3) is 0 Å². The van der Waals surface area contributed by atoms with Crippen molar-refractivity contribution in [3.8, 4) is 0 Å². The smallest absolute Gasteiger partial charge is 0.338 e. The zero-order valence-electron chi connectivity index (χ0n) is 14.4. The first kappa shape index (κ1) is 17.5. The third kappa shape index (κ3) is 4.38. The molecule has 7 heteroatoms. The number of nitrogens with one attached hydrogen (secondary N) is 2. The Morgan fingerprint density at radius 1 is 1.15 bits per heavy atom. The summed E-state index contributed by atoms with van der Waals surface area (Å²) in [6, 6.07) is 12.1. The third-order valence-electron chi connectivity index (χ3n) is 3.73. The predicted molar refractivity (Wildman–Crippen MR) is 98.3 cm³/mol. The lowest BCUT2D eigenvalue weighted by Gasteiger charge is -2.07. The fourth-order valence-electron chi connectivity index (χ4n) is 2.49. The van der Waals surface area contributed by atoms with E-state index in [0.717, 1.165) is 11.3 Å². The van der Waals surface area contributed by atoms with E-state index in [1.54, 1.807) is 31.2 Å². The number of hydrogen-bond donors (Lipinski definition) is 2. The minimum Gasteiger partial charge on any atom is -0.462 e. The van der Waals surface area contributed by atoms with Crippen molar-refractivity contribution in [2.45, 2.75) is 13.3 Å². The van der Waals surface area contributed by atoms with Gasteiger partial charge in [0.1, 0.15) is 5.65 Å². The van der Waals surface area contributed by atoms with E-state index in [0.29, 0.717) is 30.8 Å². The number of carbonyl (C=O) groups is 2. The molecule has 0 aliphatic rings. The Labute approximate surface area is 151 Å². The van der Waals surface area contributed by atoms with Crippen molar-refractivity contribution in [3.05, 3.63) is 66.1 Å². The highest BCUT2D eigenvalue weighted by Crippen LogP contribution is 2.10. The molecule has 0 aliphatic carbocycles. The van der Waals surface area contributed by atoms with Gasteiger partial charge in [-0.05, 0) is 43.3 Å². The summed E-state index contributed by atoms with van der Waals surface area (Å²) in [7, 11) is 0. The zero-order chi connectivity index (χ0) is 18.4. The first-order valence-electron chi connectivity index (χ1n) is 8.40. The average Bonchev–Trinajstić information content (AvgIpc) is 3.05. The first-order chi connectivity index (χ1) is 12.7. The maximum atomic E-state index is 12.0. The van der Waals surface area contributed by atoms with Gasteiger partial charge < -0.3 is 19.8 Å². The molecular weight excluding hydrogens is 332 g/mol. The molecule has 7 nitrogen and oxygen atoms in total. The van der Waals surface area contributed by atoms with Gasteiger partial charge in [-0.1, -0.05) is 6.07 Å². The Balaban J connectivity index is 1.47. The van der Waals surface area contributed by atoms with E-state index >= 15 is 0 Å². The van der Waals surface area contributed by atoms with Crippen molar-refractivity contribution in [1.82, 2.24) is 14.7 Å². The van der Waals surface area contributed by atoms with E-state index in [1.165, 1.54) is 0 Å². The van der Waals surface area contributed by atoms with Crippen LogP contribution in [0.5, 0.6) is 0 Å². The van der Waals surface area contributed by atoms with E-state index in [9.17, 15) is 9.59 Å². The summed E-state index contributed by atoms with van der Waals surface area (Å²) in [6.07, 6.45) is 4.52. The highest BCUT2D eigenvalue weighted by atomic mass is 16.5. The molecule has 0 fully saturated rings. The number of pyridine rings is 1. The maximum absolute atomic E-state index is 12.0. The van der Waals surface area contributed by atoms with Crippen molar-refractivity contribution in [1.29, 1.82) is 0 Å². The van der Waals surface area contributed by atoms with Gasteiger partial charge in [0, 0.05) is 31.0 Å². The summed E-state index contributed by atoms with van der Waals surface area (Å²) < 4.78 is 6.86. The average molecular weight is 352 g/mol. The van der Waals surface area contributed by atoms with Crippen LogP contribution in [0.1, 0.15) is 23.0 Å². The molecule has 0 radical (unpaired) electrons. The Kier molecular flexibility index (Phi) is 5.48. The molecule has 2 aromatic heterocycles. The monoisotopic (exact) mass is 352 g/mol. The number of rotatable bonds is 6. The Bertz CT molecular complexity index is 870. The zero-order valence-corrected chi connectivity index (χ0v) is 14.4. The second-order valence-corrected chi connectivity index (χ2v) is 5.63. The molecule has 0 aliphatic heterocycles. The number of hydrogen-bond acceptors (Lipinski definition) is 4. The molecule has 134 valence electrons. The quantitative estimate of drug-likeness (QED) is 0.668. The standard InChI is InChI=1S/C19H20N4O3/c1-2-26-18(24)14-6-8-15(9-7-14)22-19(25)20-11-10-16-13-23-12-4-3-5-17(23)21-16/h3-9,12-13H,2,10-11H2,1H3,(H2,20,22,25). The van der Waals surface area contributed by atoms with Gasteiger partial charge in [0.05, 0.1) is 17.9 Å². The fraction of sp³-hybridized carbons (Fsp3) is 0.211. The minimum absolute atomic E-state index is 0.308. The van der Waals surface area contributed by atoms with Gasteiger partial charge in [-0.15, -0.1) is 0 Å². The summed E-state index contributed by atoms with van der Waals surface area (Å²) in [5.74, 6) is -0.379. The molecule has 2 amide bonds. The summed E-state index contributed by atoms with van der Waals surface area (Å²) in [5, 5.41) is 5.52. The number of imidazole rings is 1. The lowest BCUT2D eigenvalue weighted by atomic mass is 10.2. The molecule has 0 atom stereocenters. The van der Waals surface area contributed by atoms with Crippen LogP contribution >= 0.6 is 0 Å². The van der Waals surface area contributed by atoms with Crippen LogP contribution in [0.2, 0.25) is 0 Å². The highest BCUT2D eigenvalue weighted by molar-refractivity contribution is 5.92. The van der Waals surface area contributed by atoms with Crippen LogP contribution in [0.25, 0.3) is 5.65 Å². The van der Waals surface area contributed by atoms with Crippen molar-refractivity contribution in [3.63, 3.8) is 0 Å². The minimum atomic E-state index is -0.379. The summed E-state index contributed by atoms with van der Waals surface area (Å²) in [6.45, 7) is 2.55. The molecular formula is C19H20N4O3. The predicted octanol–water partition coefficient (Wildman–Crippen LogP) is 2.88. The molecule has 0 spiro atoms. The number of esters is 1. The number of benzene rings is 1. The lowest BCUT2D eigenvalue weighted by molar-refractivity contribution is 0.0526. The molecule has 0 saturated carbocycles. The number of aromatic nitrogens is 2. The van der Waals surface area contributed by atoms with E-state index in [2.05, 4.69) is 15.6 Å². The maximum Gasteiger partial charge on any atom is 0.338 e. The number of amides is 2. The van der Waals surface area contributed by atoms with E-state index < -0.39 is 0 Å². The van der Waals surface area contributed by atoms with Crippen LogP contribution in [-0.4, -0.2) is 34.5 Å². The van der Waals surface area contributed by atoms with Crippen LogP contribution in [0.4, 0.5) is 10.5 Å². The molecule has 3 rings (SSSR count). The van der Waals surface area contributed by atoms with Gasteiger partial charge in [0.15, 0.2) is 0 Å². The largest absolute Gasteiger partial charge is 0.462 e. The van der Waals surface area contributed by atoms with Crippen LogP contribution in [0, 0.1) is 0 Å². The summed E-state index contributed by atoms with van der Waals surface area (Å²) >= 11 is 0. The first-order valence-corrected chi connectivity index (χ1v) is 8.40. The lowest BCUT2D eigenvalue weighted by Crippen LogP contribution is -2.30. The normalized spacial score (nSPS) is 10.5. The molecule has 2 N–H and O–H groups in total. The third-order valence-corrected chi connectivity index (χ3v) is 3.73. The highest BCUT2D eigenvalue weighted by Gasteiger charge is 2.07. The van der Waals surface area contributed by atoms with Crippen molar-refractivity contribution < 1.29 is 14.3 Å². The van der Waals surface area contributed by atoms with E-state index in [1.807, 2.05) is 35.0 Å². The van der Waals surface area contributed by atoms with Crippen LogP contribution < -0.4 is 10.6 Å². The molecule has 0 saturated heterocycles. The second-order valence-electron chi connectivity index (χ2n) is 5.63. The number of urea groups is 1.